The number of hydrogen-bond donors (Lipinski definition) is 1. The van der Waals surface area contributed by atoms with Crippen molar-refractivity contribution in [2.24, 2.45) is 5.73 Å². The number of benzene rings is 1. The fraction of sp³-hybridized carbons (Fsp3) is 0.400. The van der Waals surface area contributed by atoms with Gasteiger partial charge in [0.05, 0.1) is 10.7 Å². The largest absolute Gasteiger partial charge is 0.327 e. The molecule has 0 fully saturated rings. The van der Waals surface area contributed by atoms with E-state index >= 15 is 0 Å². The molecule has 1 unspecified atom stereocenters. The van der Waals surface area contributed by atoms with Gasteiger partial charge in [0.1, 0.15) is 0 Å². The van der Waals surface area contributed by atoms with Crippen molar-refractivity contribution < 1.29 is 0 Å². The minimum Gasteiger partial charge on any atom is -0.327 e. The molecule has 18 heavy (non-hydrogen) atoms. The maximum Gasteiger partial charge on any atom is 0.0897 e. The highest BCUT2D eigenvalue weighted by molar-refractivity contribution is 7.09. The second kappa shape index (κ2) is 6.12. The molecule has 2 nitrogen and oxygen atoms in total. The molecule has 0 saturated heterocycles. The van der Waals surface area contributed by atoms with Gasteiger partial charge in [0.2, 0.25) is 0 Å². The SMILES string of the molecule is Cc1ccc(CCC(N)Cc2csc(C)n2)cc1. The van der Waals surface area contributed by atoms with Crippen molar-refractivity contribution in [3.63, 3.8) is 0 Å². The zero-order valence-corrected chi connectivity index (χ0v) is 11.8. The van der Waals surface area contributed by atoms with Gasteiger partial charge in [-0.1, -0.05) is 29.8 Å². The van der Waals surface area contributed by atoms with Crippen LogP contribution in [0.25, 0.3) is 0 Å². The van der Waals surface area contributed by atoms with E-state index < -0.39 is 0 Å². The summed E-state index contributed by atoms with van der Waals surface area (Å²) in [6.45, 7) is 4.14. The van der Waals surface area contributed by atoms with E-state index in [0.717, 1.165) is 30.0 Å². The molecule has 0 aliphatic heterocycles. The third kappa shape index (κ3) is 3.93. The fourth-order valence-corrected chi connectivity index (χ4v) is 2.60. The van der Waals surface area contributed by atoms with Gasteiger partial charge >= 0.3 is 0 Å². The van der Waals surface area contributed by atoms with Crippen LogP contribution >= 0.6 is 11.3 Å². The van der Waals surface area contributed by atoms with Crippen molar-refractivity contribution >= 4 is 11.3 Å². The predicted molar refractivity (Wildman–Crippen MR) is 78.0 cm³/mol. The van der Waals surface area contributed by atoms with Crippen LogP contribution in [0.1, 0.15) is 28.2 Å². The molecule has 0 bridgehead atoms. The van der Waals surface area contributed by atoms with Crippen LogP contribution in [-0.4, -0.2) is 11.0 Å². The summed E-state index contributed by atoms with van der Waals surface area (Å²) in [5, 5.41) is 3.23. The topological polar surface area (TPSA) is 38.9 Å². The molecule has 96 valence electrons. The highest BCUT2D eigenvalue weighted by Gasteiger charge is 2.07. The summed E-state index contributed by atoms with van der Waals surface area (Å²) in [5.41, 5.74) is 9.96. The van der Waals surface area contributed by atoms with E-state index in [9.17, 15) is 0 Å². The van der Waals surface area contributed by atoms with Gasteiger partial charge in [0, 0.05) is 17.8 Å². The summed E-state index contributed by atoms with van der Waals surface area (Å²) >= 11 is 1.70. The van der Waals surface area contributed by atoms with E-state index in [1.54, 1.807) is 11.3 Å². The number of thiazole rings is 1. The maximum absolute atomic E-state index is 6.16. The summed E-state index contributed by atoms with van der Waals surface area (Å²) in [6.07, 6.45) is 2.94. The fourth-order valence-electron chi connectivity index (χ4n) is 1.98. The van der Waals surface area contributed by atoms with Gasteiger partial charge in [0.15, 0.2) is 0 Å². The smallest absolute Gasteiger partial charge is 0.0897 e. The van der Waals surface area contributed by atoms with Crippen LogP contribution in [0.4, 0.5) is 0 Å². The Bertz CT molecular complexity index is 487. The van der Waals surface area contributed by atoms with Gasteiger partial charge < -0.3 is 5.73 Å². The molecule has 1 aromatic carbocycles. The van der Waals surface area contributed by atoms with Crippen LogP contribution < -0.4 is 5.73 Å². The Morgan fingerprint density at radius 3 is 2.56 bits per heavy atom. The van der Waals surface area contributed by atoms with Gasteiger partial charge in [0.25, 0.3) is 0 Å². The lowest BCUT2D eigenvalue weighted by atomic mass is 10.0. The Kier molecular flexibility index (Phi) is 4.50. The Hall–Kier alpha value is -1.19. The number of aryl methyl sites for hydroxylation is 3. The van der Waals surface area contributed by atoms with Gasteiger partial charge in [-0.25, -0.2) is 4.98 Å². The minimum absolute atomic E-state index is 0.202. The van der Waals surface area contributed by atoms with Crippen LogP contribution in [0.5, 0.6) is 0 Å². The van der Waals surface area contributed by atoms with E-state index in [1.807, 2.05) is 6.92 Å². The monoisotopic (exact) mass is 260 g/mol. The molecular weight excluding hydrogens is 240 g/mol. The Balaban J connectivity index is 1.81. The predicted octanol–water partition coefficient (Wildman–Crippen LogP) is 3.26. The van der Waals surface area contributed by atoms with Crippen LogP contribution in [0, 0.1) is 13.8 Å². The first-order valence-corrected chi connectivity index (χ1v) is 7.23. The normalized spacial score (nSPS) is 12.6. The van der Waals surface area contributed by atoms with Crippen LogP contribution in [0.2, 0.25) is 0 Å². The average molecular weight is 260 g/mol. The lowest BCUT2D eigenvalue weighted by molar-refractivity contribution is 0.604. The second-order valence-corrected chi connectivity index (χ2v) is 5.91. The minimum atomic E-state index is 0.202. The molecule has 2 aromatic rings. The van der Waals surface area contributed by atoms with Crippen molar-refractivity contribution in [3.05, 3.63) is 51.5 Å². The molecule has 1 atom stereocenters. The number of aromatic nitrogens is 1. The quantitative estimate of drug-likeness (QED) is 0.896. The van der Waals surface area contributed by atoms with Crippen LogP contribution in [0.15, 0.2) is 29.6 Å². The number of nitrogens with zero attached hydrogens (tertiary/aromatic N) is 1. The first kappa shape index (κ1) is 13.2. The highest BCUT2D eigenvalue weighted by Crippen LogP contribution is 2.12. The lowest BCUT2D eigenvalue weighted by Crippen LogP contribution is -2.23. The molecule has 0 saturated carbocycles. The number of rotatable bonds is 5. The van der Waals surface area contributed by atoms with Crippen molar-refractivity contribution in [2.75, 3.05) is 0 Å². The maximum atomic E-state index is 6.16. The molecule has 2 rings (SSSR count). The molecule has 0 amide bonds. The Morgan fingerprint density at radius 2 is 1.94 bits per heavy atom. The number of hydrogen-bond acceptors (Lipinski definition) is 3. The molecule has 0 aliphatic rings. The summed E-state index contributed by atoms with van der Waals surface area (Å²) in [4.78, 5) is 4.46. The van der Waals surface area contributed by atoms with Gasteiger partial charge in [-0.2, -0.15) is 0 Å². The van der Waals surface area contributed by atoms with E-state index in [0.29, 0.717) is 0 Å². The zero-order chi connectivity index (χ0) is 13.0. The van der Waals surface area contributed by atoms with Gasteiger partial charge in [-0.3, -0.25) is 0 Å². The molecule has 3 heteroatoms. The molecule has 0 spiro atoms. The van der Waals surface area contributed by atoms with E-state index in [-0.39, 0.29) is 6.04 Å². The average Bonchev–Trinajstić information content (AvgIpc) is 2.74. The highest BCUT2D eigenvalue weighted by atomic mass is 32.1. The summed E-state index contributed by atoms with van der Waals surface area (Å²) in [5.74, 6) is 0. The molecule has 0 radical (unpaired) electrons. The first-order chi connectivity index (χ1) is 8.63. The Morgan fingerprint density at radius 1 is 1.22 bits per heavy atom. The van der Waals surface area contributed by atoms with E-state index in [4.69, 9.17) is 5.73 Å². The van der Waals surface area contributed by atoms with Crippen molar-refractivity contribution in [3.8, 4) is 0 Å². The molecule has 1 aromatic heterocycles. The summed E-state index contributed by atoms with van der Waals surface area (Å²) < 4.78 is 0. The molecular formula is C15H20N2S. The van der Waals surface area contributed by atoms with Crippen LogP contribution in [-0.2, 0) is 12.8 Å². The third-order valence-electron chi connectivity index (χ3n) is 3.06. The van der Waals surface area contributed by atoms with Crippen molar-refractivity contribution in [1.29, 1.82) is 0 Å². The number of nitrogens with two attached hydrogens (primary N) is 1. The zero-order valence-electron chi connectivity index (χ0n) is 11.0. The van der Waals surface area contributed by atoms with Gasteiger partial charge in [-0.15, -0.1) is 11.3 Å². The first-order valence-electron chi connectivity index (χ1n) is 6.35. The summed E-state index contributed by atoms with van der Waals surface area (Å²) in [6, 6.07) is 8.90. The van der Waals surface area contributed by atoms with Gasteiger partial charge in [-0.05, 0) is 32.3 Å². The van der Waals surface area contributed by atoms with E-state index in [2.05, 4.69) is 41.6 Å². The summed E-state index contributed by atoms with van der Waals surface area (Å²) in [7, 11) is 0. The lowest BCUT2D eigenvalue weighted by Gasteiger charge is -2.10. The van der Waals surface area contributed by atoms with Crippen molar-refractivity contribution in [1.82, 2.24) is 4.98 Å². The standard InChI is InChI=1S/C15H20N2S/c1-11-3-5-13(6-4-11)7-8-14(16)9-15-10-18-12(2)17-15/h3-6,10,14H,7-9,16H2,1-2H3. The molecule has 1 heterocycles. The third-order valence-corrected chi connectivity index (χ3v) is 3.88. The molecule has 2 N–H and O–H groups in total. The molecule has 0 aliphatic carbocycles. The second-order valence-electron chi connectivity index (χ2n) is 4.85. The van der Waals surface area contributed by atoms with Crippen molar-refractivity contribution in [2.45, 2.75) is 39.2 Å². The van der Waals surface area contributed by atoms with E-state index in [1.165, 1.54) is 11.1 Å². The van der Waals surface area contributed by atoms with Crippen LogP contribution in [0.3, 0.4) is 0 Å². The Labute approximate surface area is 113 Å².